The minimum absolute atomic E-state index is 0.0790. The van der Waals surface area contributed by atoms with E-state index in [0.29, 0.717) is 12.8 Å². The molecule has 0 aliphatic carbocycles. The normalized spacial score (nSPS) is 14.2. The van der Waals surface area contributed by atoms with Gasteiger partial charge in [0, 0.05) is 18.6 Å². The minimum Gasteiger partial charge on any atom is -0.481 e. The molecule has 188 valence electrons. The second kappa shape index (κ2) is 11.5. The first-order chi connectivity index (χ1) is 15.7. The van der Waals surface area contributed by atoms with E-state index in [1.165, 1.54) is 0 Å². The quantitative estimate of drug-likeness (QED) is 0.421. The zero-order valence-corrected chi connectivity index (χ0v) is 21.9. The first-order valence-corrected chi connectivity index (χ1v) is 13.3. The van der Waals surface area contributed by atoms with Gasteiger partial charge in [-0.25, -0.2) is 13.1 Å². The molecule has 0 fully saturated rings. The number of carboxylic acid groups (broad SMARTS) is 1. The van der Waals surface area contributed by atoms with Crippen LogP contribution in [0.15, 0.2) is 47.4 Å². The average Bonchev–Trinajstić information content (AvgIpc) is 2.71. The van der Waals surface area contributed by atoms with Gasteiger partial charge in [0.2, 0.25) is 10.0 Å². The third-order valence-corrected chi connectivity index (χ3v) is 7.54. The Bertz CT molecular complexity index is 1070. The molecule has 2 unspecified atom stereocenters. The van der Waals surface area contributed by atoms with E-state index in [2.05, 4.69) is 25.5 Å². The lowest BCUT2D eigenvalue weighted by Gasteiger charge is -2.31. The zero-order chi connectivity index (χ0) is 25.7. The molecule has 0 aromatic heterocycles. The van der Waals surface area contributed by atoms with E-state index in [0.717, 1.165) is 22.3 Å². The van der Waals surface area contributed by atoms with Gasteiger partial charge in [-0.3, -0.25) is 4.79 Å². The molecule has 2 aromatic rings. The number of sulfonamides is 1. The van der Waals surface area contributed by atoms with Crippen LogP contribution in [0.4, 0.5) is 0 Å². The van der Waals surface area contributed by atoms with Gasteiger partial charge in [0.25, 0.3) is 0 Å². The first kappa shape index (κ1) is 28.0. The van der Waals surface area contributed by atoms with Crippen LogP contribution in [0.1, 0.15) is 75.6 Å². The second-order valence-electron chi connectivity index (χ2n) is 10.5. The monoisotopic (exact) mass is 489 g/mol. The molecule has 0 saturated heterocycles. The Kier molecular flexibility index (Phi) is 9.45. The summed E-state index contributed by atoms with van der Waals surface area (Å²) >= 11 is 0. The maximum atomic E-state index is 13.3. The van der Waals surface area contributed by atoms with E-state index >= 15 is 0 Å². The largest absolute Gasteiger partial charge is 0.481 e. The molecular formula is C27H39NO5S. The molecule has 0 aliphatic rings. The summed E-state index contributed by atoms with van der Waals surface area (Å²) in [5.74, 6) is -1.45. The van der Waals surface area contributed by atoms with Crippen molar-refractivity contribution in [3.63, 3.8) is 0 Å². The Morgan fingerprint density at radius 1 is 1.06 bits per heavy atom. The molecule has 2 aromatic carbocycles. The number of rotatable bonds is 11. The highest BCUT2D eigenvalue weighted by Crippen LogP contribution is 2.34. The van der Waals surface area contributed by atoms with Crippen molar-refractivity contribution >= 4 is 16.0 Å². The van der Waals surface area contributed by atoms with Crippen molar-refractivity contribution < 1.29 is 23.4 Å². The van der Waals surface area contributed by atoms with Crippen molar-refractivity contribution in [1.82, 2.24) is 4.72 Å². The van der Waals surface area contributed by atoms with Crippen LogP contribution in [-0.4, -0.2) is 37.2 Å². The van der Waals surface area contributed by atoms with Crippen LogP contribution in [0.2, 0.25) is 0 Å². The fourth-order valence-electron chi connectivity index (χ4n) is 4.22. The van der Waals surface area contributed by atoms with E-state index < -0.39 is 28.0 Å². The van der Waals surface area contributed by atoms with Gasteiger partial charge in [0.15, 0.2) is 0 Å². The fraction of sp³-hybridized carbons (Fsp3) is 0.519. The van der Waals surface area contributed by atoms with Crippen LogP contribution < -0.4 is 4.72 Å². The van der Waals surface area contributed by atoms with Gasteiger partial charge in [-0.2, -0.15) is 0 Å². The van der Waals surface area contributed by atoms with E-state index in [4.69, 9.17) is 0 Å². The summed E-state index contributed by atoms with van der Waals surface area (Å²) in [6.45, 7) is 12.1. The van der Waals surface area contributed by atoms with Crippen LogP contribution >= 0.6 is 0 Å². The molecule has 0 radical (unpaired) electrons. The number of aliphatic carboxylic acids is 1. The lowest BCUT2D eigenvalue weighted by Crippen LogP contribution is -2.41. The fourth-order valence-corrected chi connectivity index (χ4v) is 5.50. The van der Waals surface area contributed by atoms with Gasteiger partial charge in [-0.1, -0.05) is 70.5 Å². The number of hydrogen-bond acceptors (Lipinski definition) is 4. The number of carbonyl (C=O) groups is 1. The summed E-state index contributed by atoms with van der Waals surface area (Å²) in [5, 5.41) is 19.5. The number of aliphatic hydroxyl groups is 1. The molecule has 0 heterocycles. The predicted molar refractivity (Wildman–Crippen MR) is 136 cm³/mol. The van der Waals surface area contributed by atoms with Crippen LogP contribution in [0.25, 0.3) is 0 Å². The topological polar surface area (TPSA) is 104 Å². The molecule has 0 spiro atoms. The van der Waals surface area contributed by atoms with E-state index in [1.807, 2.05) is 39.0 Å². The maximum Gasteiger partial charge on any atom is 0.304 e. The number of nitrogens with one attached hydrogen (secondary N) is 1. The minimum atomic E-state index is -3.86. The van der Waals surface area contributed by atoms with Gasteiger partial charge in [0.05, 0.1) is 11.3 Å². The average molecular weight is 490 g/mol. The molecule has 6 nitrogen and oxygen atoms in total. The third-order valence-electron chi connectivity index (χ3n) is 6.03. The van der Waals surface area contributed by atoms with Gasteiger partial charge in [-0.15, -0.1) is 0 Å². The number of hydrogen-bond donors (Lipinski definition) is 3. The number of aliphatic hydroxyl groups excluding tert-OH is 1. The molecule has 0 bridgehead atoms. The molecule has 3 N–H and O–H groups in total. The highest BCUT2D eigenvalue weighted by atomic mass is 32.2. The van der Waals surface area contributed by atoms with Crippen molar-refractivity contribution in [3.8, 4) is 0 Å². The van der Waals surface area contributed by atoms with E-state index in [-0.39, 0.29) is 29.3 Å². The lowest BCUT2D eigenvalue weighted by atomic mass is 9.79. The summed E-state index contributed by atoms with van der Waals surface area (Å²) in [4.78, 5) is 12.1. The van der Waals surface area contributed by atoms with Gasteiger partial charge < -0.3 is 10.2 Å². The Hall–Kier alpha value is -2.22. The Morgan fingerprint density at radius 2 is 1.68 bits per heavy atom. The molecule has 0 saturated carbocycles. The lowest BCUT2D eigenvalue weighted by molar-refractivity contribution is -0.137. The third kappa shape index (κ3) is 7.65. The highest BCUT2D eigenvalue weighted by molar-refractivity contribution is 7.89. The summed E-state index contributed by atoms with van der Waals surface area (Å²) in [6.07, 6.45) is 0.623. The van der Waals surface area contributed by atoms with Crippen LogP contribution in [-0.2, 0) is 26.7 Å². The molecule has 2 rings (SSSR count). The standard InChI is InChI=1S/C27H39NO5S/c1-18(2)15-25(28-34(32,33)22-10-7-19(3)8-11-22)24(17-26(30)31)23-12-9-21(27(4,5)6)16-20(23)13-14-29/h7-12,16,18,24-25,28-29H,13-15,17H2,1-6H3,(H,30,31). The Labute approximate surface area is 204 Å². The number of aryl methyl sites for hydroxylation is 1. The Morgan fingerprint density at radius 3 is 2.18 bits per heavy atom. The zero-order valence-electron chi connectivity index (χ0n) is 21.1. The van der Waals surface area contributed by atoms with Crippen molar-refractivity contribution in [2.75, 3.05) is 6.61 Å². The molecule has 2 atom stereocenters. The molecular weight excluding hydrogens is 450 g/mol. The van der Waals surface area contributed by atoms with Crippen LogP contribution in [0, 0.1) is 12.8 Å². The van der Waals surface area contributed by atoms with Crippen molar-refractivity contribution in [2.45, 2.75) is 83.1 Å². The summed E-state index contributed by atoms with van der Waals surface area (Å²) in [7, 11) is -3.86. The highest BCUT2D eigenvalue weighted by Gasteiger charge is 2.32. The van der Waals surface area contributed by atoms with Crippen molar-refractivity contribution in [1.29, 1.82) is 0 Å². The van der Waals surface area contributed by atoms with Crippen molar-refractivity contribution in [3.05, 3.63) is 64.7 Å². The van der Waals surface area contributed by atoms with Crippen LogP contribution in [0.5, 0.6) is 0 Å². The Balaban J connectivity index is 2.59. The summed E-state index contributed by atoms with van der Waals surface area (Å²) in [6, 6.07) is 11.9. The van der Waals surface area contributed by atoms with Crippen LogP contribution in [0.3, 0.4) is 0 Å². The predicted octanol–water partition coefficient (Wildman–Crippen LogP) is 4.78. The van der Waals surface area contributed by atoms with Crippen molar-refractivity contribution in [2.24, 2.45) is 5.92 Å². The van der Waals surface area contributed by atoms with Gasteiger partial charge in [-0.05, 0) is 59.9 Å². The summed E-state index contributed by atoms with van der Waals surface area (Å²) < 4.78 is 29.3. The first-order valence-electron chi connectivity index (χ1n) is 11.8. The van der Waals surface area contributed by atoms with E-state index in [1.54, 1.807) is 24.3 Å². The molecule has 0 amide bonds. The molecule has 34 heavy (non-hydrogen) atoms. The van der Waals surface area contributed by atoms with E-state index in [9.17, 15) is 23.4 Å². The molecule has 7 heteroatoms. The maximum absolute atomic E-state index is 13.3. The SMILES string of the molecule is Cc1ccc(S(=O)(=O)NC(CC(C)C)C(CC(=O)O)c2ccc(C(C)(C)C)cc2CCO)cc1. The number of carboxylic acids is 1. The summed E-state index contributed by atoms with van der Waals surface area (Å²) in [5.41, 5.74) is 3.53. The second-order valence-corrected chi connectivity index (χ2v) is 12.2. The van der Waals surface area contributed by atoms with Gasteiger partial charge >= 0.3 is 5.97 Å². The number of benzene rings is 2. The van der Waals surface area contributed by atoms with Gasteiger partial charge in [0.1, 0.15) is 0 Å². The molecule has 0 aliphatic heterocycles. The smallest absolute Gasteiger partial charge is 0.304 e.